The summed E-state index contributed by atoms with van der Waals surface area (Å²) in [6.45, 7) is 3.88. The van der Waals surface area contributed by atoms with Crippen molar-refractivity contribution in [3.63, 3.8) is 0 Å². The van der Waals surface area contributed by atoms with Gasteiger partial charge in [0.2, 0.25) is 0 Å². The summed E-state index contributed by atoms with van der Waals surface area (Å²) in [4.78, 5) is 10.2. The van der Waals surface area contributed by atoms with E-state index in [1.54, 1.807) is 23.1 Å². The highest BCUT2D eigenvalue weighted by Crippen LogP contribution is 2.22. The molecule has 2 aromatic heterocycles. The molecule has 0 bridgehead atoms. The Bertz CT molecular complexity index is 574. The maximum absolute atomic E-state index is 5.93. The highest BCUT2D eigenvalue weighted by atomic mass is 35.5. The Morgan fingerprint density at radius 1 is 1.19 bits per heavy atom. The number of thioether (sulfide) groups is 1. The highest BCUT2D eigenvalue weighted by Gasteiger charge is 2.04. The fraction of sp³-hybridized carbons (Fsp3) is 0.429. The van der Waals surface area contributed by atoms with Crippen LogP contribution in [0.1, 0.15) is 18.2 Å². The van der Waals surface area contributed by atoms with Gasteiger partial charge < -0.3 is 10.6 Å². The van der Waals surface area contributed by atoms with Crippen LogP contribution < -0.4 is 10.6 Å². The van der Waals surface area contributed by atoms with E-state index in [1.807, 2.05) is 18.4 Å². The van der Waals surface area contributed by atoms with Gasteiger partial charge in [-0.3, -0.25) is 0 Å². The molecule has 2 aromatic rings. The second-order valence-corrected chi connectivity index (χ2v) is 7.01. The molecule has 0 radical (unpaired) electrons. The second kappa shape index (κ2) is 8.46. The molecule has 7 heteroatoms. The predicted octanol–water partition coefficient (Wildman–Crippen LogP) is 4.39. The summed E-state index contributed by atoms with van der Waals surface area (Å²) in [6.07, 6.45) is 3.99. The molecule has 0 aliphatic rings. The Labute approximate surface area is 138 Å². The monoisotopic (exact) mass is 342 g/mol. The Kier molecular flexibility index (Phi) is 6.60. The van der Waals surface area contributed by atoms with Gasteiger partial charge in [0.1, 0.15) is 11.6 Å². The zero-order chi connectivity index (χ0) is 15.1. The molecule has 0 aliphatic heterocycles. The van der Waals surface area contributed by atoms with Crippen LogP contribution in [0.4, 0.5) is 11.6 Å². The summed E-state index contributed by atoms with van der Waals surface area (Å²) < 4.78 is 0.836. The first kappa shape index (κ1) is 16.4. The van der Waals surface area contributed by atoms with Crippen LogP contribution in [-0.2, 0) is 6.42 Å². The van der Waals surface area contributed by atoms with Crippen LogP contribution in [-0.4, -0.2) is 29.3 Å². The van der Waals surface area contributed by atoms with E-state index in [-0.39, 0.29) is 0 Å². The van der Waals surface area contributed by atoms with Crippen LogP contribution in [0, 0.1) is 0 Å². The van der Waals surface area contributed by atoms with E-state index in [9.17, 15) is 0 Å². The standard InChI is InChI=1S/C14H19ClN4S2/c1-3-7-16-12-9-13(19-14(18-12)20-2)17-8-6-10-4-5-11(15)21-10/h4-5,9H,3,6-8H2,1-2H3,(H2,16,17,18,19). The SMILES string of the molecule is CCCNc1cc(NCCc2ccc(Cl)s2)nc(SC)n1. The molecule has 2 heterocycles. The summed E-state index contributed by atoms with van der Waals surface area (Å²) in [5, 5.41) is 7.43. The first-order chi connectivity index (χ1) is 10.2. The maximum Gasteiger partial charge on any atom is 0.191 e. The topological polar surface area (TPSA) is 49.8 Å². The van der Waals surface area contributed by atoms with Crippen molar-refractivity contribution in [1.82, 2.24) is 9.97 Å². The van der Waals surface area contributed by atoms with Gasteiger partial charge in [0.15, 0.2) is 5.16 Å². The highest BCUT2D eigenvalue weighted by molar-refractivity contribution is 7.98. The Balaban J connectivity index is 1.94. The lowest BCUT2D eigenvalue weighted by molar-refractivity contribution is 0.918. The number of rotatable bonds is 8. The quantitative estimate of drug-likeness (QED) is 0.550. The molecule has 0 unspecified atom stereocenters. The maximum atomic E-state index is 5.93. The molecule has 2 rings (SSSR count). The molecule has 0 fully saturated rings. The average Bonchev–Trinajstić information content (AvgIpc) is 2.90. The Morgan fingerprint density at radius 2 is 1.90 bits per heavy atom. The van der Waals surface area contributed by atoms with Gasteiger partial charge in [-0.2, -0.15) is 0 Å². The lowest BCUT2D eigenvalue weighted by Gasteiger charge is -2.09. The second-order valence-electron chi connectivity index (χ2n) is 4.43. The molecule has 0 aliphatic carbocycles. The predicted molar refractivity (Wildman–Crippen MR) is 94.1 cm³/mol. The number of thiophene rings is 1. The van der Waals surface area contributed by atoms with Crippen LogP contribution in [0.25, 0.3) is 0 Å². The number of anilines is 2. The molecule has 4 nitrogen and oxygen atoms in total. The third-order valence-corrected chi connectivity index (χ3v) is 4.59. The van der Waals surface area contributed by atoms with Crippen molar-refractivity contribution in [2.75, 3.05) is 30.0 Å². The molecule has 0 saturated heterocycles. The lowest BCUT2D eigenvalue weighted by atomic mass is 10.3. The van der Waals surface area contributed by atoms with E-state index in [2.05, 4.69) is 33.6 Å². The van der Waals surface area contributed by atoms with Gasteiger partial charge in [-0.05, 0) is 31.2 Å². The van der Waals surface area contributed by atoms with E-state index in [0.717, 1.165) is 47.1 Å². The fourth-order valence-corrected chi connectivity index (χ4v) is 3.22. The molecule has 0 amide bonds. The minimum absolute atomic E-state index is 0.776. The van der Waals surface area contributed by atoms with Crippen molar-refractivity contribution in [1.29, 1.82) is 0 Å². The normalized spacial score (nSPS) is 10.6. The average molecular weight is 343 g/mol. The molecule has 0 spiro atoms. The van der Waals surface area contributed by atoms with Gasteiger partial charge in [0.05, 0.1) is 4.34 Å². The zero-order valence-corrected chi connectivity index (χ0v) is 14.5. The van der Waals surface area contributed by atoms with Crippen molar-refractivity contribution in [2.45, 2.75) is 24.9 Å². The molecular formula is C14H19ClN4S2. The van der Waals surface area contributed by atoms with Crippen LogP contribution in [0.15, 0.2) is 23.4 Å². The third kappa shape index (κ3) is 5.37. The number of nitrogens with one attached hydrogen (secondary N) is 2. The fourth-order valence-electron chi connectivity index (χ4n) is 1.75. The van der Waals surface area contributed by atoms with Crippen LogP contribution in [0.2, 0.25) is 4.34 Å². The van der Waals surface area contributed by atoms with E-state index >= 15 is 0 Å². The zero-order valence-electron chi connectivity index (χ0n) is 12.1. The Morgan fingerprint density at radius 3 is 2.48 bits per heavy atom. The van der Waals surface area contributed by atoms with Crippen molar-refractivity contribution in [2.24, 2.45) is 0 Å². The first-order valence-corrected chi connectivity index (χ1v) is 9.28. The summed E-state index contributed by atoms with van der Waals surface area (Å²) in [5.74, 6) is 1.73. The van der Waals surface area contributed by atoms with Crippen molar-refractivity contribution in [3.8, 4) is 0 Å². The van der Waals surface area contributed by atoms with E-state index in [1.165, 1.54) is 4.88 Å². The smallest absolute Gasteiger partial charge is 0.191 e. The third-order valence-electron chi connectivity index (χ3n) is 2.75. The van der Waals surface area contributed by atoms with Gasteiger partial charge in [0.25, 0.3) is 0 Å². The van der Waals surface area contributed by atoms with Gasteiger partial charge in [-0.25, -0.2) is 9.97 Å². The molecule has 21 heavy (non-hydrogen) atoms. The number of hydrogen-bond acceptors (Lipinski definition) is 6. The number of aromatic nitrogens is 2. The summed E-state index contributed by atoms with van der Waals surface area (Å²) in [7, 11) is 0. The van der Waals surface area contributed by atoms with Crippen molar-refractivity contribution < 1.29 is 0 Å². The summed E-state index contributed by atoms with van der Waals surface area (Å²) >= 11 is 9.10. The molecular weight excluding hydrogens is 324 g/mol. The van der Waals surface area contributed by atoms with Crippen LogP contribution >= 0.6 is 34.7 Å². The van der Waals surface area contributed by atoms with Gasteiger partial charge >= 0.3 is 0 Å². The molecule has 0 aromatic carbocycles. The number of halogens is 1. The van der Waals surface area contributed by atoms with E-state index < -0.39 is 0 Å². The van der Waals surface area contributed by atoms with E-state index in [4.69, 9.17) is 11.6 Å². The number of nitrogens with zero attached hydrogens (tertiary/aromatic N) is 2. The minimum Gasteiger partial charge on any atom is -0.370 e. The minimum atomic E-state index is 0.776. The van der Waals surface area contributed by atoms with Crippen molar-refractivity contribution >= 4 is 46.3 Å². The molecule has 0 atom stereocenters. The molecule has 114 valence electrons. The number of hydrogen-bond donors (Lipinski definition) is 2. The first-order valence-electron chi connectivity index (χ1n) is 6.86. The van der Waals surface area contributed by atoms with Crippen molar-refractivity contribution in [3.05, 3.63) is 27.4 Å². The van der Waals surface area contributed by atoms with Gasteiger partial charge in [-0.15, -0.1) is 11.3 Å². The lowest BCUT2D eigenvalue weighted by Crippen LogP contribution is -2.09. The summed E-state index contributed by atoms with van der Waals surface area (Å²) in [6, 6.07) is 5.96. The molecule has 2 N–H and O–H groups in total. The Hall–Kier alpha value is -0.980. The van der Waals surface area contributed by atoms with Gasteiger partial charge in [-0.1, -0.05) is 30.3 Å². The van der Waals surface area contributed by atoms with E-state index in [0.29, 0.717) is 0 Å². The van der Waals surface area contributed by atoms with Crippen LogP contribution in [0.3, 0.4) is 0 Å². The summed E-state index contributed by atoms with van der Waals surface area (Å²) in [5.41, 5.74) is 0. The molecule has 0 saturated carbocycles. The van der Waals surface area contributed by atoms with Crippen LogP contribution in [0.5, 0.6) is 0 Å². The largest absolute Gasteiger partial charge is 0.370 e. The van der Waals surface area contributed by atoms with Gasteiger partial charge in [0, 0.05) is 24.0 Å².